The van der Waals surface area contributed by atoms with Crippen molar-refractivity contribution in [2.45, 2.75) is 43.3 Å². The van der Waals surface area contributed by atoms with Crippen LogP contribution in [0.1, 0.15) is 37.2 Å². The molecule has 136 valence electrons. The van der Waals surface area contributed by atoms with Gasteiger partial charge in [-0.15, -0.1) is 0 Å². The first-order valence-corrected chi connectivity index (χ1v) is 8.32. The van der Waals surface area contributed by atoms with Crippen LogP contribution in [-0.2, 0) is 9.59 Å². The number of halogens is 4. The van der Waals surface area contributed by atoms with E-state index in [1.54, 1.807) is 12.1 Å². The van der Waals surface area contributed by atoms with Crippen LogP contribution in [0.5, 0.6) is 5.75 Å². The Morgan fingerprint density at radius 3 is 2.44 bits per heavy atom. The number of carbonyl (C=O) groups excluding carboxylic acids is 2. The van der Waals surface area contributed by atoms with Gasteiger partial charge >= 0.3 is 6.18 Å². The van der Waals surface area contributed by atoms with E-state index in [1.165, 1.54) is 13.2 Å². The topological polar surface area (TPSA) is 55.4 Å². The van der Waals surface area contributed by atoms with Crippen molar-refractivity contribution in [2.24, 2.45) is 5.92 Å². The van der Waals surface area contributed by atoms with E-state index >= 15 is 0 Å². The predicted molar refractivity (Wildman–Crippen MR) is 84.6 cm³/mol. The summed E-state index contributed by atoms with van der Waals surface area (Å²) in [6.45, 7) is 0. The van der Waals surface area contributed by atoms with E-state index < -0.39 is 35.2 Å². The van der Waals surface area contributed by atoms with E-state index in [4.69, 9.17) is 16.3 Å². The number of hydrogen-bond donors (Lipinski definition) is 1. The fraction of sp³-hybridized carbons (Fsp3) is 0.529. The molecule has 1 unspecified atom stereocenters. The van der Waals surface area contributed by atoms with E-state index in [0.29, 0.717) is 16.3 Å². The van der Waals surface area contributed by atoms with Gasteiger partial charge in [0.1, 0.15) is 11.7 Å². The molecule has 1 aliphatic carbocycles. The summed E-state index contributed by atoms with van der Waals surface area (Å²) in [6.07, 6.45) is -4.62. The zero-order valence-corrected chi connectivity index (χ0v) is 14.2. The highest BCUT2D eigenvalue weighted by molar-refractivity contribution is 6.30. The highest BCUT2D eigenvalue weighted by Gasteiger charge is 2.56. The summed E-state index contributed by atoms with van der Waals surface area (Å²) in [5.41, 5.74) is -0.835. The van der Waals surface area contributed by atoms with Crippen molar-refractivity contribution in [1.29, 1.82) is 0 Å². The molecule has 25 heavy (non-hydrogen) atoms. The van der Waals surface area contributed by atoms with Crippen LogP contribution in [0.2, 0.25) is 5.02 Å². The molecular weight excluding hydrogens is 359 g/mol. The molecule has 3 rings (SSSR count). The summed E-state index contributed by atoms with van der Waals surface area (Å²) in [5, 5.41) is 3.06. The lowest BCUT2D eigenvalue weighted by atomic mass is 9.73. The normalized spacial score (nSPS) is 29.8. The summed E-state index contributed by atoms with van der Waals surface area (Å²) in [6, 6.07) is 4.60. The van der Waals surface area contributed by atoms with Crippen LogP contribution in [-0.4, -0.2) is 30.5 Å². The maximum Gasteiger partial charge on any atom is 0.391 e. The Kier molecular flexibility index (Phi) is 4.47. The fourth-order valence-electron chi connectivity index (χ4n) is 3.78. The largest absolute Gasteiger partial charge is 0.496 e. The van der Waals surface area contributed by atoms with Crippen LogP contribution in [0.4, 0.5) is 13.2 Å². The molecule has 2 fully saturated rings. The second-order valence-electron chi connectivity index (χ2n) is 6.57. The monoisotopic (exact) mass is 375 g/mol. The van der Waals surface area contributed by atoms with Crippen LogP contribution in [0.3, 0.4) is 0 Å². The second-order valence-corrected chi connectivity index (χ2v) is 7.01. The minimum absolute atomic E-state index is 0.00580. The fourth-order valence-corrected chi connectivity index (χ4v) is 3.94. The number of alkyl halides is 3. The molecule has 1 aromatic rings. The molecule has 0 radical (unpaired) electrons. The average Bonchev–Trinajstić information content (AvgIpc) is 2.77. The third-order valence-electron chi connectivity index (χ3n) is 5.17. The Labute approximate surface area is 147 Å². The molecule has 0 aromatic heterocycles. The molecular formula is C17H17ClF3NO3. The number of benzene rings is 1. The molecule has 2 aliphatic rings. The number of amides is 1. The lowest BCUT2D eigenvalue weighted by Crippen LogP contribution is -2.50. The van der Waals surface area contributed by atoms with Gasteiger partial charge in [-0.25, -0.2) is 0 Å². The van der Waals surface area contributed by atoms with E-state index in [9.17, 15) is 22.8 Å². The van der Waals surface area contributed by atoms with Crippen molar-refractivity contribution in [3.63, 3.8) is 0 Å². The Bertz CT molecular complexity index is 712. The smallest absolute Gasteiger partial charge is 0.391 e. The van der Waals surface area contributed by atoms with E-state index in [2.05, 4.69) is 5.32 Å². The van der Waals surface area contributed by atoms with Crippen molar-refractivity contribution in [1.82, 2.24) is 5.32 Å². The third-order valence-corrected chi connectivity index (χ3v) is 5.40. The van der Waals surface area contributed by atoms with Crippen LogP contribution in [0.15, 0.2) is 18.2 Å². The summed E-state index contributed by atoms with van der Waals surface area (Å²) in [4.78, 5) is 25.4. The average molecular weight is 376 g/mol. The van der Waals surface area contributed by atoms with E-state index in [0.717, 1.165) is 0 Å². The molecule has 4 nitrogen and oxygen atoms in total. The summed E-state index contributed by atoms with van der Waals surface area (Å²) in [5.74, 6) is -3.10. The molecule has 8 heteroatoms. The van der Waals surface area contributed by atoms with Crippen LogP contribution < -0.4 is 10.1 Å². The number of nitrogens with one attached hydrogen (secondary N) is 1. The SMILES string of the molecule is COc1cc(Cl)ccc1C1C(=O)NC2(CCC(C(F)(F)F)CC2)C1=O. The third kappa shape index (κ3) is 3.10. The zero-order chi connectivity index (χ0) is 18.4. The highest BCUT2D eigenvalue weighted by Crippen LogP contribution is 2.46. The van der Waals surface area contributed by atoms with Gasteiger partial charge in [0.25, 0.3) is 0 Å². The van der Waals surface area contributed by atoms with Gasteiger partial charge in [0, 0.05) is 10.6 Å². The number of Topliss-reactive ketones (excluding diaryl/α,β-unsaturated/α-hetero) is 1. The molecule has 1 spiro atoms. The first-order chi connectivity index (χ1) is 11.7. The number of ketones is 1. The first-order valence-electron chi connectivity index (χ1n) is 7.94. The van der Waals surface area contributed by atoms with Gasteiger partial charge in [-0.1, -0.05) is 17.7 Å². The summed E-state index contributed by atoms with van der Waals surface area (Å²) < 4.78 is 43.8. The summed E-state index contributed by atoms with van der Waals surface area (Å²) >= 11 is 5.90. The Morgan fingerprint density at radius 2 is 1.88 bits per heavy atom. The van der Waals surface area contributed by atoms with Crippen molar-refractivity contribution in [3.8, 4) is 5.75 Å². The molecule has 1 atom stereocenters. The minimum Gasteiger partial charge on any atom is -0.496 e. The number of carbonyl (C=O) groups is 2. The predicted octanol–water partition coefficient (Wildman–Crippen LogP) is 3.62. The van der Waals surface area contributed by atoms with Crippen molar-refractivity contribution >= 4 is 23.3 Å². The highest BCUT2D eigenvalue weighted by atomic mass is 35.5. The van der Waals surface area contributed by atoms with Gasteiger partial charge in [0.15, 0.2) is 5.78 Å². The lowest BCUT2D eigenvalue weighted by Gasteiger charge is -2.36. The molecule has 1 saturated heterocycles. The zero-order valence-electron chi connectivity index (χ0n) is 13.5. The maximum absolute atomic E-state index is 12.9. The minimum atomic E-state index is -4.27. The van der Waals surface area contributed by atoms with Gasteiger partial charge in [0.05, 0.1) is 18.6 Å². The first kappa shape index (κ1) is 18.0. The molecule has 1 heterocycles. The van der Waals surface area contributed by atoms with Gasteiger partial charge in [-0.05, 0) is 37.8 Å². The Hall–Kier alpha value is -1.76. The van der Waals surface area contributed by atoms with E-state index in [1.807, 2.05) is 0 Å². The summed E-state index contributed by atoms with van der Waals surface area (Å²) in [7, 11) is 1.40. The second kappa shape index (κ2) is 6.20. The Morgan fingerprint density at radius 1 is 1.24 bits per heavy atom. The number of methoxy groups -OCH3 is 1. The number of rotatable bonds is 2. The van der Waals surface area contributed by atoms with Crippen molar-refractivity contribution in [2.75, 3.05) is 7.11 Å². The Balaban J connectivity index is 1.87. The van der Waals surface area contributed by atoms with Crippen LogP contribution >= 0.6 is 11.6 Å². The molecule has 1 N–H and O–H groups in total. The van der Waals surface area contributed by atoms with Crippen LogP contribution in [0.25, 0.3) is 0 Å². The molecule has 1 amide bonds. The molecule has 1 aromatic carbocycles. The lowest BCUT2D eigenvalue weighted by molar-refractivity contribution is -0.185. The van der Waals surface area contributed by atoms with Crippen molar-refractivity contribution in [3.05, 3.63) is 28.8 Å². The van der Waals surface area contributed by atoms with E-state index in [-0.39, 0.29) is 25.7 Å². The van der Waals surface area contributed by atoms with Gasteiger partial charge in [0.2, 0.25) is 5.91 Å². The molecule has 1 aliphatic heterocycles. The van der Waals surface area contributed by atoms with Crippen molar-refractivity contribution < 1.29 is 27.5 Å². The van der Waals surface area contributed by atoms with Crippen LogP contribution in [0, 0.1) is 5.92 Å². The maximum atomic E-state index is 12.9. The standard InChI is InChI=1S/C17H17ClF3NO3/c1-25-12-8-10(18)2-3-11(12)13-14(23)16(22-15(13)24)6-4-9(5-7-16)17(19,20)21/h2-3,8-9,13H,4-7H2,1H3,(H,22,24). The molecule has 0 bridgehead atoms. The number of hydrogen-bond acceptors (Lipinski definition) is 3. The quantitative estimate of drug-likeness (QED) is 0.803. The van der Waals surface area contributed by atoms with Gasteiger partial charge in [-0.3, -0.25) is 9.59 Å². The van der Waals surface area contributed by atoms with Gasteiger partial charge in [-0.2, -0.15) is 13.2 Å². The number of ether oxygens (including phenoxy) is 1. The van der Waals surface area contributed by atoms with Gasteiger partial charge < -0.3 is 10.1 Å². The molecule has 1 saturated carbocycles.